The summed E-state index contributed by atoms with van der Waals surface area (Å²) in [4.78, 5) is 37.1. The zero-order valence-corrected chi connectivity index (χ0v) is 13.3. The van der Waals surface area contributed by atoms with Gasteiger partial charge >= 0.3 is 5.97 Å². The number of carbonyl (C=O) groups excluding carboxylic acids is 3. The molecule has 24 heavy (non-hydrogen) atoms. The van der Waals surface area contributed by atoms with Crippen molar-refractivity contribution >= 4 is 23.3 Å². The molecule has 1 aromatic rings. The Morgan fingerprint density at radius 1 is 1.38 bits per heavy atom. The van der Waals surface area contributed by atoms with Gasteiger partial charge in [-0.05, 0) is 19.1 Å². The molecule has 1 aromatic carbocycles. The molecule has 1 amide bonds. The number of anilines is 1. The highest BCUT2D eigenvalue weighted by molar-refractivity contribution is 6.09. The first-order valence-electron chi connectivity index (χ1n) is 7.22. The molecule has 0 atom stereocenters. The summed E-state index contributed by atoms with van der Waals surface area (Å²) in [6, 6.07) is 4.47. The lowest BCUT2D eigenvalue weighted by molar-refractivity contribution is -0.136. The van der Waals surface area contributed by atoms with Gasteiger partial charge in [0.2, 0.25) is 0 Å². The molecule has 0 bridgehead atoms. The van der Waals surface area contributed by atoms with Gasteiger partial charge in [0.15, 0.2) is 5.78 Å². The van der Waals surface area contributed by atoms with Gasteiger partial charge in [-0.25, -0.2) is 4.79 Å². The Bertz CT molecular complexity index is 725. The molecule has 3 N–H and O–H groups in total. The summed E-state index contributed by atoms with van der Waals surface area (Å²) in [6.07, 6.45) is 0. The number of ketones is 1. The minimum atomic E-state index is -0.687. The van der Waals surface area contributed by atoms with E-state index in [4.69, 9.17) is 5.11 Å². The van der Waals surface area contributed by atoms with Crippen LogP contribution in [0.25, 0.3) is 0 Å². The molecule has 0 unspecified atom stereocenters. The Hall–Kier alpha value is -2.87. The maximum absolute atomic E-state index is 12.4. The van der Waals surface area contributed by atoms with E-state index in [2.05, 4.69) is 10.1 Å². The van der Waals surface area contributed by atoms with E-state index in [0.29, 0.717) is 0 Å². The van der Waals surface area contributed by atoms with Crippen LogP contribution in [0.3, 0.4) is 0 Å². The number of hydrogen-bond acceptors (Lipinski definition) is 7. The van der Waals surface area contributed by atoms with E-state index in [9.17, 15) is 19.5 Å². The maximum atomic E-state index is 12.4. The van der Waals surface area contributed by atoms with Crippen molar-refractivity contribution < 1.29 is 29.3 Å². The Kier molecular flexibility index (Phi) is 5.20. The molecule has 0 radical (unpaired) electrons. The van der Waals surface area contributed by atoms with E-state index in [0.717, 1.165) is 0 Å². The minimum Gasteiger partial charge on any atom is -0.505 e. The van der Waals surface area contributed by atoms with Crippen molar-refractivity contribution in [3.8, 4) is 5.75 Å². The fourth-order valence-corrected chi connectivity index (χ4v) is 2.41. The molecule has 8 heteroatoms. The van der Waals surface area contributed by atoms with Crippen LogP contribution < -0.4 is 5.32 Å². The Morgan fingerprint density at radius 3 is 2.67 bits per heavy atom. The lowest BCUT2D eigenvalue weighted by Crippen LogP contribution is -2.31. The number of carbonyl (C=O) groups is 3. The lowest BCUT2D eigenvalue weighted by atomic mass is 10.1. The van der Waals surface area contributed by atoms with Crippen LogP contribution in [0.5, 0.6) is 5.75 Å². The molecule has 128 valence electrons. The van der Waals surface area contributed by atoms with Crippen LogP contribution in [-0.2, 0) is 14.3 Å². The van der Waals surface area contributed by atoms with Gasteiger partial charge in [0, 0.05) is 6.54 Å². The van der Waals surface area contributed by atoms with Crippen molar-refractivity contribution in [2.24, 2.45) is 0 Å². The molecule has 8 nitrogen and oxygen atoms in total. The van der Waals surface area contributed by atoms with Crippen molar-refractivity contribution in [2.75, 3.05) is 32.1 Å². The van der Waals surface area contributed by atoms with Gasteiger partial charge in [0.05, 0.1) is 37.1 Å². The minimum absolute atomic E-state index is 0.0123. The van der Waals surface area contributed by atoms with Gasteiger partial charge in [0.1, 0.15) is 11.4 Å². The normalized spacial score (nSPS) is 14.1. The summed E-state index contributed by atoms with van der Waals surface area (Å²) < 4.78 is 4.67. The highest BCUT2D eigenvalue weighted by Crippen LogP contribution is 2.31. The smallest absolute Gasteiger partial charge is 0.337 e. The molecular formula is C16H18N2O6. The van der Waals surface area contributed by atoms with Crippen LogP contribution in [0, 0.1) is 0 Å². The highest BCUT2D eigenvalue weighted by Gasteiger charge is 2.34. The van der Waals surface area contributed by atoms with Crippen molar-refractivity contribution in [3.05, 3.63) is 35.0 Å². The third kappa shape index (κ3) is 3.23. The second-order valence-electron chi connectivity index (χ2n) is 5.18. The number of aliphatic hydroxyl groups excluding tert-OH is 1. The maximum Gasteiger partial charge on any atom is 0.337 e. The number of para-hydroxylation sites is 1. The average molecular weight is 334 g/mol. The molecule has 1 aliphatic heterocycles. The fraction of sp³-hybridized carbons (Fsp3) is 0.312. The summed E-state index contributed by atoms with van der Waals surface area (Å²) in [5, 5.41) is 21.9. The number of ether oxygens (including phenoxy) is 1. The van der Waals surface area contributed by atoms with Crippen molar-refractivity contribution in [2.45, 2.75) is 6.92 Å². The van der Waals surface area contributed by atoms with Crippen molar-refractivity contribution in [1.82, 2.24) is 4.90 Å². The first kappa shape index (κ1) is 17.5. The first-order chi connectivity index (χ1) is 11.4. The molecule has 0 fully saturated rings. The number of Topliss-reactive ketones (excluding diaryl/α,β-unsaturated/α-hetero) is 1. The van der Waals surface area contributed by atoms with Crippen molar-refractivity contribution in [3.63, 3.8) is 0 Å². The van der Waals surface area contributed by atoms with Gasteiger partial charge in [-0.3, -0.25) is 9.59 Å². The second kappa shape index (κ2) is 7.14. The molecule has 0 aromatic heterocycles. The zero-order chi connectivity index (χ0) is 17.9. The van der Waals surface area contributed by atoms with E-state index >= 15 is 0 Å². The lowest BCUT2D eigenvalue weighted by Gasteiger charge is -2.15. The quantitative estimate of drug-likeness (QED) is 0.388. The summed E-state index contributed by atoms with van der Waals surface area (Å²) in [6.45, 7) is 1.10. The number of benzene rings is 1. The van der Waals surface area contributed by atoms with E-state index in [-0.39, 0.29) is 53.8 Å². The van der Waals surface area contributed by atoms with Gasteiger partial charge < -0.3 is 25.2 Å². The highest BCUT2D eigenvalue weighted by atomic mass is 16.5. The Balaban J connectivity index is 2.41. The molecule has 1 heterocycles. The molecule has 1 aliphatic rings. The number of β-amino-alcohol motifs (C(OH)–C–C–N with tert-alkyl or cyclic N) is 1. The molecule has 2 rings (SSSR count). The predicted molar refractivity (Wildman–Crippen MR) is 84.4 cm³/mol. The molecular weight excluding hydrogens is 316 g/mol. The summed E-state index contributed by atoms with van der Waals surface area (Å²) in [7, 11) is 1.19. The number of methoxy groups -OCH3 is 1. The van der Waals surface area contributed by atoms with Crippen LogP contribution in [-0.4, -0.2) is 59.6 Å². The second-order valence-corrected chi connectivity index (χ2v) is 5.18. The van der Waals surface area contributed by atoms with Crippen LogP contribution in [0.15, 0.2) is 29.5 Å². The average Bonchev–Trinajstić information content (AvgIpc) is 2.85. The number of rotatable bonds is 6. The number of aromatic hydroxyl groups is 1. The first-order valence-corrected chi connectivity index (χ1v) is 7.22. The summed E-state index contributed by atoms with van der Waals surface area (Å²) in [5.74, 6) is -1.83. The Morgan fingerprint density at radius 2 is 2.08 bits per heavy atom. The van der Waals surface area contributed by atoms with Gasteiger partial charge in [-0.15, -0.1) is 0 Å². The van der Waals surface area contributed by atoms with Crippen LogP contribution in [0.1, 0.15) is 17.3 Å². The number of phenolic OH excluding ortho intramolecular Hbond substituents is 1. The van der Waals surface area contributed by atoms with E-state index in [1.54, 1.807) is 6.07 Å². The molecule has 0 saturated carbocycles. The predicted octanol–water partition coefficient (Wildman–Crippen LogP) is 0.268. The van der Waals surface area contributed by atoms with Gasteiger partial charge in [-0.2, -0.15) is 0 Å². The number of amides is 1. The third-order valence-electron chi connectivity index (χ3n) is 3.63. The van der Waals surface area contributed by atoms with Crippen molar-refractivity contribution in [1.29, 1.82) is 0 Å². The fourth-order valence-electron chi connectivity index (χ4n) is 2.41. The van der Waals surface area contributed by atoms with Crippen LogP contribution >= 0.6 is 0 Å². The van der Waals surface area contributed by atoms with Crippen LogP contribution in [0.2, 0.25) is 0 Å². The van der Waals surface area contributed by atoms with E-state index in [1.807, 2.05) is 0 Å². The molecule has 0 aliphatic carbocycles. The van der Waals surface area contributed by atoms with E-state index < -0.39 is 11.9 Å². The summed E-state index contributed by atoms with van der Waals surface area (Å²) >= 11 is 0. The van der Waals surface area contributed by atoms with Gasteiger partial charge in [0.25, 0.3) is 5.91 Å². The largest absolute Gasteiger partial charge is 0.505 e. The SMILES string of the molecule is COC(=O)C1=C(Nc2cccc(C(C)=O)c2O)C(=O)N(CCO)C1. The molecule has 0 spiro atoms. The number of phenols is 1. The summed E-state index contributed by atoms with van der Waals surface area (Å²) in [5.41, 5.74) is 0.256. The van der Waals surface area contributed by atoms with Gasteiger partial charge in [-0.1, -0.05) is 6.07 Å². The topological polar surface area (TPSA) is 116 Å². The third-order valence-corrected chi connectivity index (χ3v) is 3.63. The monoisotopic (exact) mass is 334 g/mol. The number of esters is 1. The number of aliphatic hydroxyl groups is 1. The number of hydrogen-bond donors (Lipinski definition) is 3. The Labute approximate surface area is 138 Å². The standard InChI is InChI=1S/C16H18N2O6/c1-9(20)10-4-3-5-12(14(10)21)17-13-11(16(23)24-2)8-18(6-7-19)15(13)22/h3-5,17,19,21H,6-8H2,1-2H3. The van der Waals surface area contributed by atoms with E-state index in [1.165, 1.54) is 31.1 Å². The van der Waals surface area contributed by atoms with Crippen LogP contribution in [0.4, 0.5) is 5.69 Å². The molecule has 0 saturated heterocycles. The zero-order valence-electron chi connectivity index (χ0n) is 13.3. The number of nitrogens with one attached hydrogen (secondary N) is 1. The number of nitrogens with zero attached hydrogens (tertiary/aromatic N) is 1.